The molecule has 0 amide bonds. The third kappa shape index (κ3) is 3.74. The van der Waals surface area contributed by atoms with Crippen LogP contribution in [0.4, 0.5) is 18.9 Å². The highest BCUT2D eigenvalue weighted by atomic mass is 19.4. The lowest BCUT2D eigenvalue weighted by Crippen LogP contribution is -2.34. The summed E-state index contributed by atoms with van der Waals surface area (Å²) in [4.78, 5) is 13.2. The van der Waals surface area contributed by atoms with Gasteiger partial charge in [-0.15, -0.1) is 0 Å². The van der Waals surface area contributed by atoms with Gasteiger partial charge in [0.2, 0.25) is 0 Å². The van der Waals surface area contributed by atoms with Gasteiger partial charge in [-0.25, -0.2) is 0 Å². The number of hydrogen-bond acceptors (Lipinski definition) is 2. The van der Waals surface area contributed by atoms with Gasteiger partial charge in [0, 0.05) is 25.2 Å². The van der Waals surface area contributed by atoms with Crippen LogP contribution in [0.5, 0.6) is 0 Å². The second-order valence-corrected chi connectivity index (χ2v) is 5.38. The Bertz CT molecular complexity index is 459. The Morgan fingerprint density at radius 3 is 2.20 bits per heavy atom. The second kappa shape index (κ2) is 5.85. The number of hydrogen-bond donors (Lipinski definition) is 0. The summed E-state index contributed by atoms with van der Waals surface area (Å²) >= 11 is 0. The number of Topliss-reactive ketones (excluding diaryl/α,β-unsaturated/α-hetero) is 1. The highest BCUT2D eigenvalue weighted by molar-refractivity contribution is 5.75. The summed E-state index contributed by atoms with van der Waals surface area (Å²) in [7, 11) is 0. The van der Waals surface area contributed by atoms with Crippen LogP contribution in [0.1, 0.15) is 31.7 Å². The van der Waals surface area contributed by atoms with E-state index >= 15 is 0 Å². The van der Waals surface area contributed by atoms with Gasteiger partial charge in [0.25, 0.3) is 0 Å². The average Bonchev–Trinajstić information content (AvgIpc) is 2.38. The van der Waals surface area contributed by atoms with Crippen molar-refractivity contribution in [1.29, 1.82) is 0 Å². The number of ketones is 1. The van der Waals surface area contributed by atoms with Gasteiger partial charge >= 0.3 is 6.18 Å². The van der Waals surface area contributed by atoms with Crippen molar-refractivity contribution in [1.82, 2.24) is 0 Å². The zero-order valence-corrected chi connectivity index (χ0v) is 11.4. The molecule has 110 valence electrons. The van der Waals surface area contributed by atoms with Gasteiger partial charge in [-0.3, -0.25) is 0 Å². The SMILES string of the molecule is CC(=O)CC1CCN(c2ccc(C(F)(F)F)cc2)CC1. The molecule has 1 aromatic carbocycles. The van der Waals surface area contributed by atoms with E-state index < -0.39 is 11.7 Å². The number of halogens is 3. The van der Waals surface area contributed by atoms with Crippen LogP contribution in [-0.4, -0.2) is 18.9 Å². The molecule has 0 spiro atoms. The Morgan fingerprint density at radius 2 is 1.75 bits per heavy atom. The van der Waals surface area contributed by atoms with Crippen LogP contribution in [0.15, 0.2) is 24.3 Å². The molecule has 1 fully saturated rings. The van der Waals surface area contributed by atoms with E-state index in [2.05, 4.69) is 4.90 Å². The molecule has 5 heteroatoms. The van der Waals surface area contributed by atoms with E-state index in [4.69, 9.17) is 0 Å². The molecule has 1 saturated heterocycles. The van der Waals surface area contributed by atoms with Gasteiger partial charge in [0.05, 0.1) is 5.56 Å². The van der Waals surface area contributed by atoms with Gasteiger partial charge in [-0.1, -0.05) is 0 Å². The molecule has 1 aliphatic rings. The third-order valence-electron chi connectivity index (χ3n) is 3.75. The Kier molecular flexibility index (Phi) is 4.35. The zero-order valence-electron chi connectivity index (χ0n) is 11.4. The molecule has 1 aliphatic heterocycles. The van der Waals surface area contributed by atoms with Crippen molar-refractivity contribution in [2.45, 2.75) is 32.4 Å². The van der Waals surface area contributed by atoms with E-state index in [1.807, 2.05) is 0 Å². The lowest BCUT2D eigenvalue weighted by atomic mass is 9.92. The Hall–Kier alpha value is -1.52. The summed E-state index contributed by atoms with van der Waals surface area (Å²) in [5.41, 5.74) is 0.201. The molecule has 0 bridgehead atoms. The molecule has 1 heterocycles. The van der Waals surface area contributed by atoms with Gasteiger partial charge in [-0.2, -0.15) is 13.2 Å². The molecule has 2 rings (SSSR count). The molecule has 0 saturated carbocycles. The van der Waals surface area contributed by atoms with Gasteiger partial charge in [0.15, 0.2) is 0 Å². The highest BCUT2D eigenvalue weighted by Gasteiger charge is 2.30. The van der Waals surface area contributed by atoms with Crippen LogP contribution in [0.2, 0.25) is 0 Å². The van der Waals surface area contributed by atoms with E-state index in [-0.39, 0.29) is 5.78 Å². The van der Waals surface area contributed by atoms with E-state index in [1.165, 1.54) is 12.1 Å². The number of benzene rings is 1. The van der Waals surface area contributed by atoms with Crippen LogP contribution in [0.25, 0.3) is 0 Å². The fourth-order valence-electron chi connectivity index (χ4n) is 2.66. The van der Waals surface area contributed by atoms with Crippen molar-refractivity contribution < 1.29 is 18.0 Å². The summed E-state index contributed by atoms with van der Waals surface area (Å²) in [6.45, 7) is 3.19. The van der Waals surface area contributed by atoms with Crippen LogP contribution in [-0.2, 0) is 11.0 Å². The largest absolute Gasteiger partial charge is 0.416 e. The van der Waals surface area contributed by atoms with Crippen LogP contribution in [0.3, 0.4) is 0 Å². The fraction of sp³-hybridized carbons (Fsp3) is 0.533. The Balaban J connectivity index is 1.95. The highest BCUT2D eigenvalue weighted by Crippen LogP contribution is 2.31. The standard InChI is InChI=1S/C15H18F3NO/c1-11(20)10-12-6-8-19(9-7-12)14-4-2-13(3-5-14)15(16,17)18/h2-5,12H,6-10H2,1H3. The van der Waals surface area contributed by atoms with E-state index in [1.54, 1.807) is 6.92 Å². The minimum atomic E-state index is -4.28. The van der Waals surface area contributed by atoms with Crippen LogP contribution < -0.4 is 4.90 Å². The smallest absolute Gasteiger partial charge is 0.372 e. The van der Waals surface area contributed by atoms with Crippen molar-refractivity contribution in [3.63, 3.8) is 0 Å². The molecule has 2 nitrogen and oxygen atoms in total. The summed E-state index contributed by atoms with van der Waals surface area (Å²) in [5, 5.41) is 0. The molecule has 0 atom stereocenters. The normalized spacial score (nSPS) is 17.3. The van der Waals surface area contributed by atoms with Crippen molar-refractivity contribution in [2.75, 3.05) is 18.0 Å². The van der Waals surface area contributed by atoms with E-state index in [0.717, 1.165) is 43.8 Å². The first-order chi connectivity index (χ1) is 9.36. The molecule has 0 unspecified atom stereocenters. The maximum absolute atomic E-state index is 12.5. The lowest BCUT2D eigenvalue weighted by Gasteiger charge is -2.33. The molecule has 0 radical (unpaired) electrons. The number of nitrogens with zero attached hydrogens (tertiary/aromatic N) is 1. The minimum absolute atomic E-state index is 0.206. The zero-order chi connectivity index (χ0) is 14.8. The monoisotopic (exact) mass is 285 g/mol. The maximum atomic E-state index is 12.5. The van der Waals surface area contributed by atoms with Crippen molar-refractivity contribution in [3.05, 3.63) is 29.8 Å². The van der Waals surface area contributed by atoms with Crippen molar-refractivity contribution in [3.8, 4) is 0 Å². The molecule has 1 aromatic rings. The summed E-state index contributed by atoms with van der Waals surface area (Å²) < 4.78 is 37.5. The number of carbonyl (C=O) groups excluding carboxylic acids is 1. The van der Waals surface area contributed by atoms with E-state index in [9.17, 15) is 18.0 Å². The van der Waals surface area contributed by atoms with E-state index in [0.29, 0.717) is 12.3 Å². The van der Waals surface area contributed by atoms with Crippen molar-refractivity contribution >= 4 is 11.5 Å². The third-order valence-corrected chi connectivity index (χ3v) is 3.75. The number of anilines is 1. The molecule has 20 heavy (non-hydrogen) atoms. The first-order valence-corrected chi connectivity index (χ1v) is 6.78. The Labute approximate surface area is 116 Å². The molecular formula is C15H18F3NO. The van der Waals surface area contributed by atoms with Crippen LogP contribution in [0, 0.1) is 5.92 Å². The lowest BCUT2D eigenvalue weighted by molar-refractivity contribution is -0.137. The first-order valence-electron chi connectivity index (χ1n) is 6.78. The summed E-state index contributed by atoms with van der Waals surface area (Å²) in [5.74, 6) is 0.621. The van der Waals surface area contributed by atoms with Gasteiger partial charge in [-0.05, 0) is 49.9 Å². The maximum Gasteiger partial charge on any atom is 0.416 e. The number of piperidine rings is 1. The average molecular weight is 285 g/mol. The quantitative estimate of drug-likeness (QED) is 0.839. The topological polar surface area (TPSA) is 20.3 Å². The number of carbonyl (C=O) groups is 1. The first kappa shape index (κ1) is 14.9. The summed E-state index contributed by atoms with van der Waals surface area (Å²) in [6, 6.07) is 5.29. The molecule has 0 aromatic heterocycles. The summed E-state index contributed by atoms with van der Waals surface area (Å²) in [6.07, 6.45) is -1.84. The van der Waals surface area contributed by atoms with Crippen molar-refractivity contribution in [2.24, 2.45) is 5.92 Å². The Morgan fingerprint density at radius 1 is 1.20 bits per heavy atom. The van der Waals surface area contributed by atoms with Crippen LogP contribution >= 0.6 is 0 Å². The second-order valence-electron chi connectivity index (χ2n) is 5.38. The fourth-order valence-corrected chi connectivity index (χ4v) is 2.66. The molecule has 0 aliphatic carbocycles. The number of rotatable bonds is 3. The van der Waals surface area contributed by atoms with Gasteiger partial charge < -0.3 is 9.69 Å². The minimum Gasteiger partial charge on any atom is -0.372 e. The predicted molar refractivity (Wildman–Crippen MR) is 71.7 cm³/mol. The van der Waals surface area contributed by atoms with Gasteiger partial charge in [0.1, 0.15) is 5.78 Å². The molecular weight excluding hydrogens is 267 g/mol. The molecule has 0 N–H and O–H groups in total. The number of alkyl halides is 3. The predicted octanol–water partition coefficient (Wildman–Crippen LogP) is 3.90.